The Bertz CT molecular complexity index is 162. The van der Waals surface area contributed by atoms with Gasteiger partial charge in [-0.15, -0.1) is 0 Å². The fourth-order valence-electron chi connectivity index (χ4n) is 2.43. The maximum absolute atomic E-state index is 3.44. The van der Waals surface area contributed by atoms with E-state index in [-0.39, 0.29) is 0 Å². The van der Waals surface area contributed by atoms with Crippen molar-refractivity contribution in [2.75, 3.05) is 26.7 Å². The minimum atomic E-state index is 0.736. The molecule has 0 aromatic heterocycles. The Balaban J connectivity index is 2.13. The smallest absolute Gasteiger partial charge is 0.00663 e. The van der Waals surface area contributed by atoms with Crippen LogP contribution in [-0.4, -0.2) is 37.6 Å². The molecular weight excluding hydrogens is 184 g/mol. The first-order valence-corrected chi connectivity index (χ1v) is 6.50. The van der Waals surface area contributed by atoms with Gasteiger partial charge in [-0.05, 0) is 64.7 Å². The molecule has 1 fully saturated rings. The van der Waals surface area contributed by atoms with E-state index in [2.05, 4.69) is 38.0 Å². The molecule has 15 heavy (non-hydrogen) atoms. The Morgan fingerprint density at radius 2 is 2.07 bits per heavy atom. The first-order valence-electron chi connectivity index (χ1n) is 6.50. The maximum Gasteiger partial charge on any atom is 0.00663 e. The van der Waals surface area contributed by atoms with Gasteiger partial charge in [0.1, 0.15) is 0 Å². The van der Waals surface area contributed by atoms with Gasteiger partial charge in [0, 0.05) is 6.04 Å². The first-order chi connectivity index (χ1) is 7.09. The second kappa shape index (κ2) is 6.49. The highest BCUT2D eigenvalue weighted by Gasteiger charge is 2.16. The molecule has 2 atom stereocenters. The average molecular weight is 212 g/mol. The van der Waals surface area contributed by atoms with Gasteiger partial charge < -0.3 is 10.2 Å². The standard InChI is InChI=1S/C13H28N2/c1-11(2)9-12(3)15(4)8-6-13-5-7-14-10-13/h11-14H,5-10H2,1-4H3. The van der Waals surface area contributed by atoms with E-state index in [9.17, 15) is 0 Å². The molecule has 1 N–H and O–H groups in total. The van der Waals surface area contributed by atoms with Gasteiger partial charge in [-0.1, -0.05) is 13.8 Å². The van der Waals surface area contributed by atoms with Gasteiger partial charge in [0.05, 0.1) is 0 Å². The summed E-state index contributed by atoms with van der Waals surface area (Å²) in [4.78, 5) is 2.53. The molecule has 0 aliphatic carbocycles. The molecule has 1 heterocycles. The molecule has 0 aromatic rings. The predicted molar refractivity (Wildman–Crippen MR) is 67.1 cm³/mol. The number of hydrogen-bond acceptors (Lipinski definition) is 2. The molecular formula is C13H28N2. The monoisotopic (exact) mass is 212 g/mol. The zero-order valence-corrected chi connectivity index (χ0v) is 10.9. The van der Waals surface area contributed by atoms with Crippen molar-refractivity contribution in [1.29, 1.82) is 0 Å². The van der Waals surface area contributed by atoms with Gasteiger partial charge in [-0.25, -0.2) is 0 Å². The van der Waals surface area contributed by atoms with E-state index in [1.807, 2.05) is 0 Å². The molecule has 1 saturated heterocycles. The van der Waals surface area contributed by atoms with Crippen LogP contribution in [0.25, 0.3) is 0 Å². The normalized spacial score (nSPS) is 24.0. The van der Waals surface area contributed by atoms with Crippen molar-refractivity contribution < 1.29 is 0 Å². The zero-order valence-electron chi connectivity index (χ0n) is 10.9. The molecule has 0 aromatic carbocycles. The number of nitrogens with one attached hydrogen (secondary N) is 1. The summed E-state index contributed by atoms with van der Waals surface area (Å²) in [5.74, 6) is 1.74. The van der Waals surface area contributed by atoms with Crippen LogP contribution in [0.3, 0.4) is 0 Å². The lowest BCUT2D eigenvalue weighted by molar-refractivity contribution is 0.215. The molecule has 2 nitrogen and oxygen atoms in total. The third-order valence-electron chi connectivity index (χ3n) is 3.62. The van der Waals surface area contributed by atoms with Crippen LogP contribution in [0, 0.1) is 11.8 Å². The number of rotatable bonds is 6. The highest BCUT2D eigenvalue weighted by molar-refractivity contribution is 4.73. The summed E-state index contributed by atoms with van der Waals surface area (Å²) in [6.45, 7) is 10.7. The van der Waals surface area contributed by atoms with Gasteiger partial charge >= 0.3 is 0 Å². The van der Waals surface area contributed by atoms with E-state index in [0.717, 1.165) is 17.9 Å². The van der Waals surface area contributed by atoms with E-state index in [0.29, 0.717) is 0 Å². The summed E-state index contributed by atoms with van der Waals surface area (Å²) < 4.78 is 0. The summed E-state index contributed by atoms with van der Waals surface area (Å²) in [6.07, 6.45) is 4.07. The highest BCUT2D eigenvalue weighted by atomic mass is 15.1. The Morgan fingerprint density at radius 3 is 2.60 bits per heavy atom. The summed E-state index contributed by atoms with van der Waals surface area (Å²) in [7, 11) is 2.27. The van der Waals surface area contributed by atoms with E-state index < -0.39 is 0 Å². The molecule has 1 aliphatic heterocycles. The molecule has 0 spiro atoms. The lowest BCUT2D eigenvalue weighted by atomic mass is 10.0. The van der Waals surface area contributed by atoms with Gasteiger partial charge in [-0.3, -0.25) is 0 Å². The van der Waals surface area contributed by atoms with Crippen LogP contribution in [-0.2, 0) is 0 Å². The fraction of sp³-hybridized carbons (Fsp3) is 1.00. The van der Waals surface area contributed by atoms with E-state index in [4.69, 9.17) is 0 Å². The third kappa shape index (κ3) is 4.98. The van der Waals surface area contributed by atoms with Crippen molar-refractivity contribution in [2.45, 2.75) is 46.1 Å². The van der Waals surface area contributed by atoms with Crippen LogP contribution in [0.2, 0.25) is 0 Å². The summed E-state index contributed by atoms with van der Waals surface area (Å²) in [5.41, 5.74) is 0. The number of nitrogens with zero attached hydrogens (tertiary/aromatic N) is 1. The Morgan fingerprint density at radius 1 is 1.33 bits per heavy atom. The molecule has 90 valence electrons. The highest BCUT2D eigenvalue weighted by Crippen LogP contribution is 2.15. The summed E-state index contributed by atoms with van der Waals surface area (Å²) in [6, 6.07) is 0.736. The molecule has 1 aliphatic rings. The van der Waals surface area contributed by atoms with Crippen LogP contribution in [0.4, 0.5) is 0 Å². The second-order valence-corrected chi connectivity index (χ2v) is 5.61. The lowest BCUT2D eigenvalue weighted by Crippen LogP contribution is -2.32. The lowest BCUT2D eigenvalue weighted by Gasteiger charge is -2.27. The zero-order chi connectivity index (χ0) is 11.3. The van der Waals surface area contributed by atoms with Crippen molar-refractivity contribution in [3.63, 3.8) is 0 Å². The average Bonchev–Trinajstić information content (AvgIpc) is 2.65. The topological polar surface area (TPSA) is 15.3 Å². The SMILES string of the molecule is CC(C)CC(C)N(C)CCC1CCNC1. The van der Waals surface area contributed by atoms with Gasteiger partial charge in [0.2, 0.25) is 0 Å². The molecule has 1 rings (SSSR count). The summed E-state index contributed by atoms with van der Waals surface area (Å²) in [5, 5.41) is 3.44. The van der Waals surface area contributed by atoms with Crippen molar-refractivity contribution >= 4 is 0 Å². The molecule has 0 bridgehead atoms. The molecule has 2 unspecified atom stereocenters. The van der Waals surface area contributed by atoms with Crippen LogP contribution >= 0.6 is 0 Å². The van der Waals surface area contributed by atoms with Crippen molar-refractivity contribution in [3.8, 4) is 0 Å². The largest absolute Gasteiger partial charge is 0.316 e. The number of hydrogen-bond donors (Lipinski definition) is 1. The maximum atomic E-state index is 3.44. The van der Waals surface area contributed by atoms with Crippen molar-refractivity contribution in [1.82, 2.24) is 10.2 Å². The summed E-state index contributed by atoms with van der Waals surface area (Å²) >= 11 is 0. The Hall–Kier alpha value is -0.0800. The van der Waals surface area contributed by atoms with Gasteiger partial charge in [-0.2, -0.15) is 0 Å². The van der Waals surface area contributed by atoms with E-state index in [1.165, 1.54) is 38.9 Å². The van der Waals surface area contributed by atoms with Crippen LogP contribution in [0.15, 0.2) is 0 Å². The van der Waals surface area contributed by atoms with Crippen molar-refractivity contribution in [2.24, 2.45) is 11.8 Å². The van der Waals surface area contributed by atoms with Gasteiger partial charge in [0.25, 0.3) is 0 Å². The van der Waals surface area contributed by atoms with Crippen LogP contribution in [0.5, 0.6) is 0 Å². The van der Waals surface area contributed by atoms with Crippen LogP contribution in [0.1, 0.15) is 40.0 Å². The van der Waals surface area contributed by atoms with Crippen molar-refractivity contribution in [3.05, 3.63) is 0 Å². The molecule has 0 saturated carbocycles. The molecule has 2 heteroatoms. The Kier molecular flexibility index (Phi) is 5.62. The Labute approximate surface area is 95.4 Å². The van der Waals surface area contributed by atoms with E-state index >= 15 is 0 Å². The first kappa shape index (κ1) is 13.0. The predicted octanol–water partition coefficient (Wildman–Crippen LogP) is 2.35. The van der Waals surface area contributed by atoms with Gasteiger partial charge in [0.15, 0.2) is 0 Å². The quantitative estimate of drug-likeness (QED) is 0.727. The van der Waals surface area contributed by atoms with E-state index in [1.54, 1.807) is 0 Å². The molecule has 0 radical (unpaired) electrons. The minimum Gasteiger partial charge on any atom is -0.316 e. The third-order valence-corrected chi connectivity index (χ3v) is 3.62. The minimum absolute atomic E-state index is 0.736. The second-order valence-electron chi connectivity index (χ2n) is 5.61. The molecule has 0 amide bonds. The fourth-order valence-corrected chi connectivity index (χ4v) is 2.43. The van der Waals surface area contributed by atoms with Crippen LogP contribution < -0.4 is 5.32 Å².